The number of nitrogens with zero attached hydrogens (tertiary/aromatic N) is 4. The van der Waals surface area contributed by atoms with Crippen molar-refractivity contribution in [3.05, 3.63) is 73.4 Å². The summed E-state index contributed by atoms with van der Waals surface area (Å²) in [5, 5.41) is 11.6. The van der Waals surface area contributed by atoms with Crippen LogP contribution < -0.4 is 5.32 Å². The van der Waals surface area contributed by atoms with E-state index in [1.54, 1.807) is 12.4 Å². The first kappa shape index (κ1) is 13.7. The third kappa shape index (κ3) is 2.40. The Morgan fingerprint density at radius 1 is 0.960 bits per heavy atom. The summed E-state index contributed by atoms with van der Waals surface area (Å²) in [5.74, 6) is 0.786. The fraction of sp³-hybridized carbons (Fsp3) is 0. The first-order valence-electron chi connectivity index (χ1n) is 7.95. The van der Waals surface area contributed by atoms with Crippen LogP contribution in [0.4, 0.5) is 11.5 Å². The van der Waals surface area contributed by atoms with Crippen molar-refractivity contribution in [2.24, 2.45) is 0 Å². The Labute approximate surface area is 143 Å². The van der Waals surface area contributed by atoms with Gasteiger partial charge in [-0.05, 0) is 29.8 Å². The molecule has 6 nitrogen and oxygen atoms in total. The van der Waals surface area contributed by atoms with Gasteiger partial charge in [0.15, 0.2) is 5.65 Å². The molecule has 1 aromatic carbocycles. The molecule has 25 heavy (non-hydrogen) atoms. The second-order valence-corrected chi connectivity index (χ2v) is 5.81. The molecule has 120 valence electrons. The minimum atomic E-state index is 0.786. The van der Waals surface area contributed by atoms with E-state index in [0.717, 1.165) is 39.2 Å². The van der Waals surface area contributed by atoms with E-state index in [1.807, 2.05) is 35.0 Å². The first-order valence-corrected chi connectivity index (χ1v) is 7.95. The molecule has 0 saturated carbocycles. The number of anilines is 2. The van der Waals surface area contributed by atoms with Crippen LogP contribution >= 0.6 is 0 Å². The Balaban J connectivity index is 1.66. The third-order valence-electron chi connectivity index (χ3n) is 4.19. The van der Waals surface area contributed by atoms with Gasteiger partial charge in [0.1, 0.15) is 5.82 Å². The fourth-order valence-corrected chi connectivity index (χ4v) is 2.97. The second kappa shape index (κ2) is 5.45. The smallest absolute Gasteiger partial charge is 0.160 e. The van der Waals surface area contributed by atoms with E-state index >= 15 is 0 Å². The summed E-state index contributed by atoms with van der Waals surface area (Å²) in [4.78, 5) is 8.79. The van der Waals surface area contributed by atoms with Gasteiger partial charge < -0.3 is 9.72 Å². The van der Waals surface area contributed by atoms with E-state index in [-0.39, 0.29) is 0 Å². The molecule has 0 unspecified atom stereocenters. The van der Waals surface area contributed by atoms with E-state index in [0.29, 0.717) is 0 Å². The molecule has 0 fully saturated rings. The monoisotopic (exact) mass is 326 g/mol. The van der Waals surface area contributed by atoms with Crippen LogP contribution in [-0.2, 0) is 0 Å². The molecule has 0 atom stereocenters. The van der Waals surface area contributed by atoms with Gasteiger partial charge in [-0.1, -0.05) is 18.2 Å². The van der Waals surface area contributed by atoms with Gasteiger partial charge >= 0.3 is 0 Å². The SMILES string of the molecule is c1ccc(Nc2cc(-c3ccc4cn[nH]c4c3)cn3ccnc23)nc1. The lowest BCUT2D eigenvalue weighted by molar-refractivity contribution is 1.12. The van der Waals surface area contributed by atoms with Gasteiger partial charge in [-0.3, -0.25) is 5.10 Å². The van der Waals surface area contributed by atoms with Crippen molar-refractivity contribution in [2.75, 3.05) is 5.32 Å². The Morgan fingerprint density at radius 3 is 2.88 bits per heavy atom. The van der Waals surface area contributed by atoms with Crippen LogP contribution in [0, 0.1) is 0 Å². The zero-order valence-corrected chi connectivity index (χ0v) is 13.2. The van der Waals surface area contributed by atoms with Crippen molar-refractivity contribution in [1.29, 1.82) is 0 Å². The molecule has 2 N–H and O–H groups in total. The normalized spacial score (nSPS) is 11.2. The highest BCUT2D eigenvalue weighted by atomic mass is 15.1. The number of hydrogen-bond donors (Lipinski definition) is 2. The quantitative estimate of drug-likeness (QED) is 0.525. The number of hydrogen-bond acceptors (Lipinski definition) is 4. The Bertz CT molecular complexity index is 1170. The summed E-state index contributed by atoms with van der Waals surface area (Å²) in [6.07, 6.45) is 9.40. The molecule has 0 aliphatic carbocycles. The van der Waals surface area contributed by atoms with Gasteiger partial charge in [-0.2, -0.15) is 5.10 Å². The number of pyridine rings is 2. The van der Waals surface area contributed by atoms with Gasteiger partial charge in [0, 0.05) is 35.7 Å². The number of benzene rings is 1. The molecule has 0 amide bonds. The molecule has 0 bridgehead atoms. The minimum Gasteiger partial charge on any atom is -0.337 e. The van der Waals surface area contributed by atoms with Crippen molar-refractivity contribution in [2.45, 2.75) is 0 Å². The largest absolute Gasteiger partial charge is 0.337 e. The van der Waals surface area contributed by atoms with E-state index < -0.39 is 0 Å². The van der Waals surface area contributed by atoms with Crippen LogP contribution in [0.5, 0.6) is 0 Å². The fourth-order valence-electron chi connectivity index (χ4n) is 2.97. The van der Waals surface area contributed by atoms with E-state index in [2.05, 4.69) is 55.9 Å². The summed E-state index contributed by atoms with van der Waals surface area (Å²) >= 11 is 0. The maximum absolute atomic E-state index is 4.45. The highest BCUT2D eigenvalue weighted by Gasteiger charge is 2.09. The molecule has 0 spiro atoms. The zero-order chi connectivity index (χ0) is 16.6. The predicted molar refractivity (Wildman–Crippen MR) is 97.8 cm³/mol. The predicted octanol–water partition coefficient (Wildman–Crippen LogP) is 4.02. The molecule has 5 rings (SSSR count). The summed E-state index contributed by atoms with van der Waals surface area (Å²) in [7, 11) is 0. The highest BCUT2D eigenvalue weighted by Crippen LogP contribution is 2.29. The number of aromatic amines is 1. The van der Waals surface area contributed by atoms with Gasteiger partial charge in [0.05, 0.1) is 17.4 Å². The first-order chi connectivity index (χ1) is 12.4. The number of fused-ring (bicyclic) bond motifs is 2. The Hall–Kier alpha value is -3.67. The standard InChI is InChI=1S/C19H14N6/c1-2-6-20-18(3-1)23-17-10-15(12-25-8-7-21-19(17)25)13-4-5-14-11-22-24-16(14)9-13/h1-12H,(H,20,23)(H,22,24). The van der Waals surface area contributed by atoms with Crippen LogP contribution in [-0.4, -0.2) is 24.6 Å². The molecule has 4 aromatic heterocycles. The van der Waals surface area contributed by atoms with Crippen molar-refractivity contribution >= 4 is 28.1 Å². The van der Waals surface area contributed by atoms with Crippen molar-refractivity contribution in [1.82, 2.24) is 24.6 Å². The van der Waals surface area contributed by atoms with Gasteiger partial charge in [-0.15, -0.1) is 0 Å². The average molecular weight is 326 g/mol. The lowest BCUT2D eigenvalue weighted by Gasteiger charge is -2.10. The average Bonchev–Trinajstić information content (AvgIpc) is 3.31. The van der Waals surface area contributed by atoms with Gasteiger partial charge in [-0.25, -0.2) is 9.97 Å². The summed E-state index contributed by atoms with van der Waals surface area (Å²) in [6, 6.07) is 14.1. The van der Waals surface area contributed by atoms with Crippen LogP contribution in [0.3, 0.4) is 0 Å². The molecule has 0 aliphatic rings. The van der Waals surface area contributed by atoms with Gasteiger partial charge in [0.2, 0.25) is 0 Å². The lowest BCUT2D eigenvalue weighted by atomic mass is 10.1. The molecule has 0 aliphatic heterocycles. The van der Waals surface area contributed by atoms with E-state index in [4.69, 9.17) is 0 Å². The van der Waals surface area contributed by atoms with Crippen molar-refractivity contribution < 1.29 is 0 Å². The topological polar surface area (TPSA) is 70.9 Å². The summed E-state index contributed by atoms with van der Waals surface area (Å²) < 4.78 is 2.01. The Morgan fingerprint density at radius 2 is 1.96 bits per heavy atom. The van der Waals surface area contributed by atoms with Crippen LogP contribution in [0.25, 0.3) is 27.7 Å². The molecule has 4 heterocycles. The number of imidazole rings is 1. The zero-order valence-electron chi connectivity index (χ0n) is 13.2. The molecule has 6 heteroatoms. The van der Waals surface area contributed by atoms with Crippen LogP contribution in [0.2, 0.25) is 0 Å². The van der Waals surface area contributed by atoms with Crippen molar-refractivity contribution in [3.63, 3.8) is 0 Å². The molecule has 0 radical (unpaired) electrons. The number of nitrogens with one attached hydrogen (secondary N) is 2. The molecular formula is C19H14N6. The van der Waals surface area contributed by atoms with Crippen LogP contribution in [0.15, 0.2) is 73.4 Å². The van der Waals surface area contributed by atoms with Gasteiger partial charge in [0.25, 0.3) is 0 Å². The Kier molecular flexibility index (Phi) is 3.00. The molecular weight excluding hydrogens is 312 g/mol. The third-order valence-corrected chi connectivity index (χ3v) is 4.19. The highest BCUT2D eigenvalue weighted by molar-refractivity contribution is 5.86. The van der Waals surface area contributed by atoms with E-state index in [9.17, 15) is 0 Å². The molecule has 5 aromatic rings. The maximum Gasteiger partial charge on any atom is 0.160 e. The van der Waals surface area contributed by atoms with Crippen molar-refractivity contribution in [3.8, 4) is 11.1 Å². The molecule has 0 saturated heterocycles. The minimum absolute atomic E-state index is 0.786. The number of aromatic nitrogens is 5. The summed E-state index contributed by atoms with van der Waals surface area (Å²) in [5.41, 5.74) is 4.97. The number of H-pyrrole nitrogens is 1. The van der Waals surface area contributed by atoms with Crippen LogP contribution in [0.1, 0.15) is 0 Å². The lowest BCUT2D eigenvalue weighted by Crippen LogP contribution is -1.97. The maximum atomic E-state index is 4.45. The summed E-state index contributed by atoms with van der Waals surface area (Å²) in [6.45, 7) is 0. The second-order valence-electron chi connectivity index (χ2n) is 5.81. The number of rotatable bonds is 3. The van der Waals surface area contributed by atoms with E-state index in [1.165, 1.54) is 0 Å².